The van der Waals surface area contributed by atoms with E-state index in [4.69, 9.17) is 15.2 Å². The summed E-state index contributed by atoms with van der Waals surface area (Å²) < 4.78 is 10.3. The number of carbonyl (C=O) groups is 1. The molecule has 0 fully saturated rings. The number of likely N-dealkylation sites (N-methyl/N-ethyl adjacent to an activating group) is 1. The van der Waals surface area contributed by atoms with Crippen LogP contribution in [-0.4, -0.2) is 44.2 Å². The minimum atomic E-state index is -0.0497. The topological polar surface area (TPSA) is 64.8 Å². The van der Waals surface area contributed by atoms with Gasteiger partial charge in [0.2, 0.25) is 0 Å². The average Bonchev–Trinajstić information content (AvgIpc) is 2.39. The van der Waals surface area contributed by atoms with Gasteiger partial charge in [-0.1, -0.05) is 0 Å². The summed E-state index contributed by atoms with van der Waals surface area (Å²) in [4.78, 5) is 13.5. The monoisotopic (exact) mass is 252 g/mol. The SMILES string of the molecule is CCN(CCOC)C(=O)COc1ccc(N)cc1. The molecule has 0 spiro atoms. The number of benzene rings is 1. The van der Waals surface area contributed by atoms with Crippen LogP contribution in [0.2, 0.25) is 0 Å². The Morgan fingerprint density at radius 1 is 1.33 bits per heavy atom. The molecule has 0 bridgehead atoms. The van der Waals surface area contributed by atoms with E-state index in [0.717, 1.165) is 0 Å². The van der Waals surface area contributed by atoms with Crippen LogP contribution < -0.4 is 10.5 Å². The van der Waals surface area contributed by atoms with Gasteiger partial charge in [0, 0.05) is 25.9 Å². The Kier molecular flexibility index (Phi) is 6.00. The Balaban J connectivity index is 2.41. The van der Waals surface area contributed by atoms with E-state index in [0.29, 0.717) is 31.1 Å². The molecule has 1 rings (SSSR count). The predicted molar refractivity (Wildman–Crippen MR) is 70.5 cm³/mol. The van der Waals surface area contributed by atoms with Crippen LogP contribution in [0.4, 0.5) is 5.69 Å². The molecule has 0 aliphatic heterocycles. The smallest absolute Gasteiger partial charge is 0.260 e. The zero-order valence-electron chi connectivity index (χ0n) is 10.9. The summed E-state index contributed by atoms with van der Waals surface area (Å²) in [6.45, 7) is 3.71. The fraction of sp³-hybridized carbons (Fsp3) is 0.462. The average molecular weight is 252 g/mol. The molecule has 5 nitrogen and oxygen atoms in total. The maximum absolute atomic E-state index is 11.8. The van der Waals surface area contributed by atoms with Gasteiger partial charge in [0.1, 0.15) is 5.75 Å². The number of amides is 1. The molecule has 1 aromatic rings. The second kappa shape index (κ2) is 7.55. The van der Waals surface area contributed by atoms with E-state index < -0.39 is 0 Å². The fourth-order valence-corrected chi connectivity index (χ4v) is 1.46. The Bertz CT molecular complexity index is 365. The number of rotatable bonds is 7. The minimum absolute atomic E-state index is 0.0292. The van der Waals surface area contributed by atoms with Gasteiger partial charge in [-0.15, -0.1) is 0 Å². The zero-order valence-corrected chi connectivity index (χ0v) is 10.9. The first-order chi connectivity index (χ1) is 8.67. The molecule has 2 N–H and O–H groups in total. The van der Waals surface area contributed by atoms with Crippen LogP contribution >= 0.6 is 0 Å². The Morgan fingerprint density at radius 2 is 2.00 bits per heavy atom. The maximum Gasteiger partial charge on any atom is 0.260 e. The predicted octanol–water partition coefficient (Wildman–Crippen LogP) is 1.14. The summed E-state index contributed by atoms with van der Waals surface area (Å²) in [7, 11) is 1.61. The molecule has 0 aliphatic carbocycles. The molecule has 18 heavy (non-hydrogen) atoms. The number of methoxy groups -OCH3 is 1. The molecular formula is C13H20N2O3. The molecule has 0 saturated heterocycles. The van der Waals surface area contributed by atoms with Crippen molar-refractivity contribution in [3.63, 3.8) is 0 Å². The van der Waals surface area contributed by atoms with Gasteiger partial charge in [0.15, 0.2) is 6.61 Å². The third-order valence-corrected chi connectivity index (χ3v) is 2.54. The van der Waals surface area contributed by atoms with Crippen molar-refractivity contribution in [1.29, 1.82) is 0 Å². The largest absolute Gasteiger partial charge is 0.484 e. The van der Waals surface area contributed by atoms with Crippen molar-refractivity contribution >= 4 is 11.6 Å². The first-order valence-corrected chi connectivity index (χ1v) is 5.92. The summed E-state index contributed by atoms with van der Waals surface area (Å²) in [5.74, 6) is 0.590. The van der Waals surface area contributed by atoms with Crippen molar-refractivity contribution in [3.05, 3.63) is 24.3 Å². The quantitative estimate of drug-likeness (QED) is 0.739. The Labute approximate surface area is 107 Å². The molecule has 100 valence electrons. The van der Waals surface area contributed by atoms with Crippen molar-refractivity contribution < 1.29 is 14.3 Å². The van der Waals surface area contributed by atoms with Gasteiger partial charge in [-0.2, -0.15) is 0 Å². The molecule has 1 aromatic carbocycles. The molecule has 0 heterocycles. The van der Waals surface area contributed by atoms with E-state index in [-0.39, 0.29) is 12.5 Å². The lowest BCUT2D eigenvalue weighted by atomic mass is 10.3. The van der Waals surface area contributed by atoms with Gasteiger partial charge in [-0.05, 0) is 31.2 Å². The van der Waals surface area contributed by atoms with E-state index in [1.54, 1.807) is 36.3 Å². The molecule has 0 atom stereocenters. The van der Waals surface area contributed by atoms with E-state index >= 15 is 0 Å². The lowest BCUT2D eigenvalue weighted by Crippen LogP contribution is -2.37. The molecule has 0 saturated carbocycles. The van der Waals surface area contributed by atoms with Crippen molar-refractivity contribution in [2.75, 3.05) is 39.1 Å². The van der Waals surface area contributed by atoms with E-state index in [2.05, 4.69) is 0 Å². The van der Waals surface area contributed by atoms with Crippen LogP contribution in [0.1, 0.15) is 6.92 Å². The summed E-state index contributed by atoms with van der Waals surface area (Å²) in [5, 5.41) is 0. The third-order valence-electron chi connectivity index (χ3n) is 2.54. The van der Waals surface area contributed by atoms with Gasteiger partial charge >= 0.3 is 0 Å². The van der Waals surface area contributed by atoms with Crippen LogP contribution in [0.25, 0.3) is 0 Å². The van der Waals surface area contributed by atoms with Crippen molar-refractivity contribution in [2.24, 2.45) is 0 Å². The van der Waals surface area contributed by atoms with Gasteiger partial charge in [-0.3, -0.25) is 4.79 Å². The van der Waals surface area contributed by atoms with Crippen molar-refractivity contribution in [2.45, 2.75) is 6.92 Å². The first-order valence-electron chi connectivity index (χ1n) is 5.92. The van der Waals surface area contributed by atoms with E-state index in [1.165, 1.54) is 0 Å². The summed E-state index contributed by atoms with van der Waals surface area (Å²) in [6, 6.07) is 6.97. The number of hydrogen-bond donors (Lipinski definition) is 1. The van der Waals surface area contributed by atoms with E-state index in [1.807, 2.05) is 6.92 Å². The molecule has 0 radical (unpaired) electrons. The standard InChI is InChI=1S/C13H20N2O3/c1-3-15(8-9-17-2)13(16)10-18-12-6-4-11(14)5-7-12/h4-7H,3,8-10,14H2,1-2H3. The normalized spacial score (nSPS) is 10.1. The number of anilines is 1. The van der Waals surface area contributed by atoms with E-state index in [9.17, 15) is 4.79 Å². The maximum atomic E-state index is 11.8. The molecule has 1 amide bonds. The number of nitrogens with zero attached hydrogens (tertiary/aromatic N) is 1. The molecule has 0 aliphatic rings. The van der Waals surface area contributed by atoms with Crippen LogP contribution in [0.3, 0.4) is 0 Å². The Morgan fingerprint density at radius 3 is 2.56 bits per heavy atom. The highest BCUT2D eigenvalue weighted by molar-refractivity contribution is 5.77. The second-order valence-electron chi connectivity index (χ2n) is 3.82. The number of nitrogens with two attached hydrogens (primary N) is 1. The van der Waals surface area contributed by atoms with Gasteiger partial charge in [0.05, 0.1) is 6.61 Å². The molecule has 5 heteroatoms. The van der Waals surface area contributed by atoms with Crippen molar-refractivity contribution in [3.8, 4) is 5.75 Å². The van der Waals surface area contributed by atoms with Crippen LogP contribution in [-0.2, 0) is 9.53 Å². The third kappa shape index (κ3) is 4.63. The molecule has 0 aromatic heterocycles. The fourth-order valence-electron chi connectivity index (χ4n) is 1.46. The highest BCUT2D eigenvalue weighted by Crippen LogP contribution is 2.12. The highest BCUT2D eigenvalue weighted by Gasteiger charge is 2.11. The van der Waals surface area contributed by atoms with Gasteiger partial charge < -0.3 is 20.1 Å². The zero-order chi connectivity index (χ0) is 13.4. The summed E-state index contributed by atoms with van der Waals surface area (Å²) in [5.41, 5.74) is 6.23. The van der Waals surface area contributed by atoms with Crippen LogP contribution in [0.15, 0.2) is 24.3 Å². The number of nitrogen functional groups attached to an aromatic ring is 1. The lowest BCUT2D eigenvalue weighted by Gasteiger charge is -2.20. The van der Waals surface area contributed by atoms with Gasteiger partial charge in [-0.25, -0.2) is 0 Å². The summed E-state index contributed by atoms with van der Waals surface area (Å²) in [6.07, 6.45) is 0. The number of ether oxygens (including phenoxy) is 2. The Hall–Kier alpha value is -1.75. The first kappa shape index (κ1) is 14.3. The lowest BCUT2D eigenvalue weighted by molar-refractivity contribution is -0.133. The highest BCUT2D eigenvalue weighted by atomic mass is 16.5. The van der Waals surface area contributed by atoms with Crippen molar-refractivity contribution in [1.82, 2.24) is 4.90 Å². The number of hydrogen-bond acceptors (Lipinski definition) is 4. The van der Waals surface area contributed by atoms with Crippen LogP contribution in [0, 0.1) is 0 Å². The molecule has 0 unspecified atom stereocenters. The number of carbonyl (C=O) groups excluding carboxylic acids is 1. The van der Waals surface area contributed by atoms with Crippen LogP contribution in [0.5, 0.6) is 5.75 Å². The molecular weight excluding hydrogens is 232 g/mol. The second-order valence-corrected chi connectivity index (χ2v) is 3.82. The minimum Gasteiger partial charge on any atom is -0.484 e. The summed E-state index contributed by atoms with van der Waals surface area (Å²) >= 11 is 0. The van der Waals surface area contributed by atoms with Gasteiger partial charge in [0.25, 0.3) is 5.91 Å².